The van der Waals surface area contributed by atoms with Crippen molar-refractivity contribution in [2.24, 2.45) is 0 Å². The highest BCUT2D eigenvalue weighted by Gasteiger charge is 2.59. The zero-order valence-corrected chi connectivity index (χ0v) is 29.3. The molecule has 5 nitrogen and oxygen atoms in total. The van der Waals surface area contributed by atoms with Gasteiger partial charge >= 0.3 is 8.80 Å². The molecule has 1 N–H and O–H groups in total. The van der Waals surface area contributed by atoms with E-state index < -0.39 is 39.4 Å². The lowest BCUT2D eigenvalue weighted by atomic mass is 10.3. The van der Waals surface area contributed by atoms with Gasteiger partial charge in [0.1, 0.15) is 0 Å². The smallest absolute Gasteiger partial charge is 0.411 e. The van der Waals surface area contributed by atoms with Crippen molar-refractivity contribution in [3.63, 3.8) is 0 Å². The third-order valence-corrected chi connectivity index (χ3v) is 23.2. The monoisotopic (exact) mass is 607 g/mol. The Kier molecular flexibility index (Phi) is 10.5. The molecule has 0 aliphatic carbocycles. The molecule has 214 valence electrons. The van der Waals surface area contributed by atoms with Crippen molar-refractivity contribution in [1.82, 2.24) is 5.32 Å². The molecule has 40 heavy (non-hydrogen) atoms. The van der Waals surface area contributed by atoms with Crippen LogP contribution < -0.4 is 20.9 Å². The van der Waals surface area contributed by atoms with Crippen LogP contribution in [0.15, 0.2) is 103 Å². The number of rotatable bonds is 13. The highest BCUT2D eigenvalue weighted by atomic mass is 28.5. The summed E-state index contributed by atoms with van der Waals surface area (Å²) in [6, 6.07) is 31.1. The van der Waals surface area contributed by atoms with Crippen molar-refractivity contribution in [2.45, 2.75) is 65.2 Å². The Morgan fingerprint density at radius 1 is 0.675 bits per heavy atom. The predicted octanol–water partition coefficient (Wildman–Crippen LogP) is 5.32. The van der Waals surface area contributed by atoms with Gasteiger partial charge in [-0.2, -0.15) is 0 Å². The normalized spacial score (nSPS) is 13.5. The highest BCUT2D eigenvalue weighted by Crippen LogP contribution is 2.30. The van der Waals surface area contributed by atoms with Gasteiger partial charge in [-0.1, -0.05) is 104 Å². The number of amides is 1. The molecule has 0 aliphatic heterocycles. The van der Waals surface area contributed by atoms with Crippen molar-refractivity contribution < 1.29 is 17.1 Å². The van der Waals surface area contributed by atoms with Gasteiger partial charge in [-0.15, -0.1) is 0 Å². The SMILES string of the molecule is C=C(C)C(=O)NC(CC)[Si](O[Si](C)(C)c1ccccc1)(O[Si](C)(C)c1ccccc1)O[Si](C)(C)c1ccccc1. The number of carbonyl (C=O) groups excluding carboxylic acids is 1. The Morgan fingerprint density at radius 3 is 1.23 bits per heavy atom. The van der Waals surface area contributed by atoms with Crippen molar-refractivity contribution in [3.8, 4) is 0 Å². The molecule has 0 radical (unpaired) electrons. The Bertz CT molecular complexity index is 1140. The Labute approximate surface area is 245 Å². The summed E-state index contributed by atoms with van der Waals surface area (Å²) in [6.45, 7) is 20.8. The van der Waals surface area contributed by atoms with Gasteiger partial charge in [0, 0.05) is 5.57 Å². The van der Waals surface area contributed by atoms with E-state index in [0.29, 0.717) is 12.0 Å². The van der Waals surface area contributed by atoms with E-state index in [9.17, 15) is 4.79 Å². The first-order valence-electron chi connectivity index (χ1n) is 14.0. The fourth-order valence-corrected chi connectivity index (χ4v) is 21.8. The predicted molar refractivity (Wildman–Crippen MR) is 177 cm³/mol. The van der Waals surface area contributed by atoms with E-state index in [1.165, 1.54) is 0 Å². The number of hydrogen-bond acceptors (Lipinski definition) is 4. The lowest BCUT2D eigenvalue weighted by Crippen LogP contribution is -2.75. The van der Waals surface area contributed by atoms with Crippen LogP contribution in [0.2, 0.25) is 39.3 Å². The number of hydrogen-bond donors (Lipinski definition) is 1. The van der Waals surface area contributed by atoms with Crippen LogP contribution in [-0.2, 0) is 17.1 Å². The van der Waals surface area contributed by atoms with Gasteiger partial charge in [0.15, 0.2) is 0 Å². The topological polar surface area (TPSA) is 56.8 Å². The standard InChI is InChI=1S/C31H45NO4Si4/c1-10-30(32-31(33)26(2)3)40(34-37(4,5)27-20-14-11-15-21-27,35-38(6,7)28-22-16-12-17-23-28)36-39(8,9)29-24-18-13-19-25-29/h11-25,30H,2,10H2,1,3-9H3,(H,32,33). The van der Waals surface area contributed by atoms with Gasteiger partial charge in [0.05, 0.1) is 5.67 Å². The van der Waals surface area contributed by atoms with Gasteiger partial charge < -0.3 is 17.7 Å². The van der Waals surface area contributed by atoms with Crippen LogP contribution in [0, 0.1) is 0 Å². The van der Waals surface area contributed by atoms with E-state index in [2.05, 4.69) is 94.5 Å². The van der Waals surface area contributed by atoms with Crippen molar-refractivity contribution in [1.29, 1.82) is 0 Å². The van der Waals surface area contributed by atoms with Crippen molar-refractivity contribution >= 4 is 55.2 Å². The van der Waals surface area contributed by atoms with Gasteiger partial charge in [-0.05, 0) is 68.2 Å². The molecule has 0 saturated heterocycles. The Hall–Kier alpha value is -2.38. The number of nitrogens with one attached hydrogen (secondary N) is 1. The summed E-state index contributed by atoms with van der Waals surface area (Å²) in [5, 5.41) is 6.70. The van der Waals surface area contributed by atoms with Gasteiger partial charge in [-0.25, -0.2) is 0 Å². The van der Waals surface area contributed by atoms with E-state index in [0.717, 1.165) is 15.6 Å². The summed E-state index contributed by atoms with van der Waals surface area (Å²) < 4.78 is 22.3. The Morgan fingerprint density at radius 2 is 0.975 bits per heavy atom. The molecule has 3 aromatic rings. The van der Waals surface area contributed by atoms with Gasteiger partial charge in [0.25, 0.3) is 0 Å². The van der Waals surface area contributed by atoms with Crippen LogP contribution in [0.1, 0.15) is 20.3 Å². The van der Waals surface area contributed by atoms with E-state index in [1.54, 1.807) is 6.92 Å². The summed E-state index contributed by atoms with van der Waals surface area (Å²) in [6.07, 6.45) is 0.600. The summed E-state index contributed by atoms with van der Waals surface area (Å²) in [7, 11) is -11.4. The largest absolute Gasteiger partial charge is 0.493 e. The second-order valence-corrected chi connectivity index (χ2v) is 26.9. The quantitative estimate of drug-likeness (QED) is 0.211. The molecule has 0 fully saturated rings. The van der Waals surface area contributed by atoms with Crippen LogP contribution >= 0.6 is 0 Å². The first-order valence-corrected chi connectivity index (χ1v) is 24.5. The maximum Gasteiger partial charge on any atom is 0.493 e. The first kappa shape index (κ1) is 32.1. The Balaban J connectivity index is 2.25. The zero-order chi connectivity index (χ0) is 29.6. The van der Waals surface area contributed by atoms with Gasteiger partial charge in [-0.3, -0.25) is 4.79 Å². The average molecular weight is 608 g/mol. The fraction of sp³-hybridized carbons (Fsp3) is 0.323. The van der Waals surface area contributed by atoms with Gasteiger partial charge in [0.2, 0.25) is 30.9 Å². The molecular weight excluding hydrogens is 563 g/mol. The van der Waals surface area contributed by atoms with Crippen LogP contribution in [0.4, 0.5) is 0 Å². The maximum absolute atomic E-state index is 13.1. The molecule has 0 spiro atoms. The van der Waals surface area contributed by atoms with E-state index >= 15 is 0 Å². The fourth-order valence-electron chi connectivity index (χ4n) is 4.76. The minimum atomic E-state index is -3.68. The van der Waals surface area contributed by atoms with Crippen molar-refractivity contribution in [2.75, 3.05) is 0 Å². The number of benzene rings is 3. The van der Waals surface area contributed by atoms with Crippen LogP contribution in [-0.4, -0.2) is 45.3 Å². The average Bonchev–Trinajstić information content (AvgIpc) is 2.92. The summed E-state index contributed by atoms with van der Waals surface area (Å²) in [5.74, 6) is -0.211. The third kappa shape index (κ3) is 7.88. The second kappa shape index (κ2) is 13.1. The third-order valence-electron chi connectivity index (χ3n) is 7.13. The summed E-state index contributed by atoms with van der Waals surface area (Å²) in [4.78, 5) is 13.1. The van der Waals surface area contributed by atoms with E-state index in [-0.39, 0.29) is 5.91 Å². The zero-order valence-electron chi connectivity index (χ0n) is 25.3. The molecule has 9 heteroatoms. The summed E-state index contributed by atoms with van der Waals surface area (Å²) in [5.41, 5.74) is -0.00166. The molecule has 1 unspecified atom stereocenters. The van der Waals surface area contributed by atoms with Crippen molar-refractivity contribution in [3.05, 3.63) is 103 Å². The molecule has 0 bridgehead atoms. The first-order chi connectivity index (χ1) is 18.7. The van der Waals surface area contributed by atoms with E-state index in [4.69, 9.17) is 12.3 Å². The molecular formula is C31H45NO4Si4. The molecule has 1 atom stereocenters. The van der Waals surface area contributed by atoms with E-state index in [1.807, 2.05) is 54.6 Å². The van der Waals surface area contributed by atoms with Crippen LogP contribution in [0.5, 0.6) is 0 Å². The molecule has 0 aromatic heterocycles. The lowest BCUT2D eigenvalue weighted by molar-refractivity contribution is -0.118. The minimum absolute atomic E-state index is 0.211. The molecule has 0 heterocycles. The lowest BCUT2D eigenvalue weighted by Gasteiger charge is -2.48. The summed E-state index contributed by atoms with van der Waals surface area (Å²) >= 11 is 0. The molecule has 1 amide bonds. The number of carbonyl (C=O) groups is 1. The highest BCUT2D eigenvalue weighted by molar-refractivity contribution is 6.99. The molecule has 3 rings (SSSR count). The molecule has 0 saturated carbocycles. The molecule has 3 aromatic carbocycles. The molecule has 0 aliphatic rings. The minimum Gasteiger partial charge on any atom is -0.411 e. The maximum atomic E-state index is 13.1. The van der Waals surface area contributed by atoms with Crippen LogP contribution in [0.25, 0.3) is 0 Å². The second-order valence-electron chi connectivity index (χ2n) is 11.8. The van der Waals surface area contributed by atoms with Crippen LogP contribution in [0.3, 0.4) is 0 Å².